The van der Waals surface area contributed by atoms with Gasteiger partial charge in [-0.05, 0) is 18.4 Å². The van der Waals surface area contributed by atoms with Gasteiger partial charge in [0.15, 0.2) is 5.13 Å². The third-order valence-electron chi connectivity index (χ3n) is 5.58. The molecule has 2 aliphatic heterocycles. The molecular weight excluding hydrogens is 408 g/mol. The van der Waals surface area contributed by atoms with E-state index in [9.17, 15) is 13.2 Å². The number of piperidine rings is 1. The number of hydrogen-bond acceptors (Lipinski definition) is 6. The first-order valence-corrected chi connectivity index (χ1v) is 12.6. The van der Waals surface area contributed by atoms with E-state index in [-0.39, 0.29) is 11.8 Å². The van der Waals surface area contributed by atoms with Gasteiger partial charge in [-0.2, -0.15) is 0 Å². The molecule has 29 heavy (non-hydrogen) atoms. The molecule has 0 bridgehead atoms. The molecule has 2 aromatic rings. The Hall–Kier alpha value is -1.81. The molecule has 1 N–H and O–H groups in total. The van der Waals surface area contributed by atoms with Crippen LogP contribution in [0.1, 0.15) is 29.0 Å². The van der Waals surface area contributed by atoms with Gasteiger partial charge >= 0.3 is 0 Å². The fourth-order valence-electron chi connectivity index (χ4n) is 3.94. The third kappa shape index (κ3) is 5.03. The number of rotatable bonds is 5. The van der Waals surface area contributed by atoms with Gasteiger partial charge in [-0.15, -0.1) is 11.3 Å². The van der Waals surface area contributed by atoms with E-state index >= 15 is 0 Å². The van der Waals surface area contributed by atoms with Crippen molar-refractivity contribution in [2.24, 2.45) is 5.92 Å². The van der Waals surface area contributed by atoms with Crippen molar-refractivity contribution in [1.29, 1.82) is 0 Å². The highest BCUT2D eigenvalue weighted by molar-refractivity contribution is 7.88. The summed E-state index contributed by atoms with van der Waals surface area (Å²) >= 11 is 1.56. The van der Waals surface area contributed by atoms with Crippen molar-refractivity contribution < 1.29 is 13.2 Å². The molecule has 1 aromatic carbocycles. The van der Waals surface area contributed by atoms with Crippen LogP contribution in [0.25, 0.3) is 0 Å². The number of hydrogen-bond donors (Lipinski definition) is 1. The first-order valence-electron chi connectivity index (χ1n) is 9.89. The summed E-state index contributed by atoms with van der Waals surface area (Å²) < 4.78 is 24.7. The molecule has 7 nitrogen and oxygen atoms in total. The zero-order valence-electron chi connectivity index (χ0n) is 16.5. The molecule has 3 heterocycles. The molecule has 4 rings (SSSR count). The summed E-state index contributed by atoms with van der Waals surface area (Å²) in [7, 11) is -3.18. The predicted molar refractivity (Wildman–Crippen MR) is 114 cm³/mol. The smallest absolute Gasteiger partial charge is 0.229 e. The molecule has 0 unspecified atom stereocenters. The summed E-state index contributed by atoms with van der Waals surface area (Å²) in [5, 5.41) is 3.63. The van der Waals surface area contributed by atoms with Crippen LogP contribution in [0.3, 0.4) is 0 Å². The van der Waals surface area contributed by atoms with Crippen LogP contribution < -0.4 is 5.32 Å². The van der Waals surface area contributed by atoms with E-state index in [0.717, 1.165) is 31.7 Å². The van der Waals surface area contributed by atoms with Gasteiger partial charge in [-0.1, -0.05) is 30.3 Å². The van der Waals surface area contributed by atoms with E-state index in [1.807, 2.05) is 6.07 Å². The van der Waals surface area contributed by atoms with Gasteiger partial charge < -0.3 is 5.32 Å². The molecule has 1 saturated heterocycles. The van der Waals surface area contributed by atoms with Gasteiger partial charge in [0.1, 0.15) is 0 Å². The van der Waals surface area contributed by atoms with Crippen LogP contribution in [0, 0.1) is 5.92 Å². The van der Waals surface area contributed by atoms with Gasteiger partial charge in [-0.25, -0.2) is 17.7 Å². The molecule has 9 heteroatoms. The molecule has 1 fully saturated rings. The van der Waals surface area contributed by atoms with Crippen molar-refractivity contribution in [1.82, 2.24) is 14.2 Å². The lowest BCUT2D eigenvalue weighted by Crippen LogP contribution is -2.40. The van der Waals surface area contributed by atoms with E-state index in [2.05, 4.69) is 39.5 Å². The maximum atomic E-state index is 12.6. The predicted octanol–water partition coefficient (Wildman–Crippen LogP) is 2.31. The number of aromatic nitrogens is 1. The highest BCUT2D eigenvalue weighted by Gasteiger charge is 2.30. The SMILES string of the molecule is CS(=O)(=O)N1CCC(C(=O)Nc2nc3c(s2)CN(Cc2ccccc2)CC3)CC1. The van der Waals surface area contributed by atoms with Crippen LogP contribution in [-0.2, 0) is 34.3 Å². The number of carbonyl (C=O) groups is 1. The lowest BCUT2D eigenvalue weighted by Gasteiger charge is -2.29. The maximum absolute atomic E-state index is 12.6. The number of thiazole rings is 1. The van der Waals surface area contributed by atoms with Crippen LogP contribution in [0.4, 0.5) is 5.13 Å². The normalized spacial score (nSPS) is 19.1. The van der Waals surface area contributed by atoms with E-state index in [1.165, 1.54) is 21.0 Å². The number of benzene rings is 1. The number of sulfonamides is 1. The standard InChI is InChI=1S/C20H26N4O3S2/c1-29(26,27)24-11-7-16(8-12-24)19(25)22-20-21-17-9-10-23(14-18(17)28-20)13-15-5-3-2-4-6-15/h2-6,16H,7-14H2,1H3,(H,21,22,25). The Morgan fingerprint density at radius 1 is 1.21 bits per heavy atom. The summed E-state index contributed by atoms with van der Waals surface area (Å²) in [6, 6.07) is 10.4. The zero-order chi connectivity index (χ0) is 20.4. The van der Waals surface area contributed by atoms with Crippen molar-refractivity contribution in [2.75, 3.05) is 31.2 Å². The number of nitrogens with zero attached hydrogens (tertiary/aromatic N) is 3. The lowest BCUT2D eigenvalue weighted by atomic mass is 9.97. The first-order chi connectivity index (χ1) is 13.9. The minimum absolute atomic E-state index is 0.0506. The number of fused-ring (bicyclic) bond motifs is 1. The number of amides is 1. The highest BCUT2D eigenvalue weighted by Crippen LogP contribution is 2.30. The van der Waals surface area contributed by atoms with E-state index in [4.69, 9.17) is 0 Å². The molecule has 1 aromatic heterocycles. The van der Waals surface area contributed by atoms with Crippen molar-refractivity contribution in [3.05, 3.63) is 46.5 Å². The molecule has 0 atom stereocenters. The first kappa shape index (κ1) is 20.5. The van der Waals surface area contributed by atoms with Crippen LogP contribution in [0.15, 0.2) is 30.3 Å². The highest BCUT2D eigenvalue weighted by atomic mass is 32.2. The third-order valence-corrected chi connectivity index (χ3v) is 7.88. The lowest BCUT2D eigenvalue weighted by molar-refractivity contribution is -0.120. The minimum atomic E-state index is -3.18. The molecule has 2 aliphatic rings. The number of carbonyl (C=O) groups excluding carboxylic acids is 1. The second-order valence-electron chi connectivity index (χ2n) is 7.76. The van der Waals surface area contributed by atoms with Gasteiger partial charge in [0.2, 0.25) is 15.9 Å². The Kier molecular flexibility index (Phi) is 6.00. The van der Waals surface area contributed by atoms with Crippen LogP contribution in [0.2, 0.25) is 0 Å². The van der Waals surface area contributed by atoms with Crippen LogP contribution in [-0.4, -0.2) is 54.4 Å². The molecule has 156 valence electrons. The number of nitrogens with one attached hydrogen (secondary N) is 1. The van der Waals surface area contributed by atoms with Gasteiger partial charge in [0.05, 0.1) is 11.9 Å². The summed E-state index contributed by atoms with van der Waals surface area (Å²) in [5.74, 6) is -0.214. The van der Waals surface area contributed by atoms with E-state index < -0.39 is 10.0 Å². The molecule has 1 amide bonds. The number of anilines is 1. The van der Waals surface area contributed by atoms with Gasteiger partial charge in [0, 0.05) is 49.9 Å². The Labute approximate surface area is 175 Å². The average Bonchev–Trinajstić information content (AvgIpc) is 3.09. The second-order valence-corrected chi connectivity index (χ2v) is 10.8. The minimum Gasteiger partial charge on any atom is -0.302 e. The Morgan fingerprint density at radius 3 is 2.62 bits per heavy atom. The van der Waals surface area contributed by atoms with Gasteiger partial charge in [-0.3, -0.25) is 9.69 Å². The Morgan fingerprint density at radius 2 is 1.93 bits per heavy atom. The molecule has 0 saturated carbocycles. The largest absolute Gasteiger partial charge is 0.302 e. The fraction of sp³-hybridized carbons (Fsp3) is 0.500. The van der Waals surface area contributed by atoms with Gasteiger partial charge in [0.25, 0.3) is 0 Å². The molecule has 0 spiro atoms. The zero-order valence-corrected chi connectivity index (χ0v) is 18.1. The van der Waals surface area contributed by atoms with Crippen LogP contribution in [0.5, 0.6) is 0 Å². The summed E-state index contributed by atoms with van der Waals surface area (Å²) in [6.07, 6.45) is 3.21. The van der Waals surface area contributed by atoms with Crippen molar-refractivity contribution in [3.63, 3.8) is 0 Å². The summed E-state index contributed by atoms with van der Waals surface area (Å²) in [4.78, 5) is 20.9. The molecule has 0 radical (unpaired) electrons. The fourth-order valence-corrected chi connectivity index (χ4v) is 5.86. The van der Waals surface area contributed by atoms with E-state index in [0.29, 0.717) is 31.1 Å². The molecular formula is C20H26N4O3S2. The average molecular weight is 435 g/mol. The summed E-state index contributed by atoms with van der Waals surface area (Å²) in [5.41, 5.74) is 2.39. The Bertz CT molecular complexity index is 967. The topological polar surface area (TPSA) is 82.6 Å². The maximum Gasteiger partial charge on any atom is 0.229 e. The molecule has 0 aliphatic carbocycles. The monoisotopic (exact) mass is 434 g/mol. The van der Waals surface area contributed by atoms with Crippen molar-refractivity contribution in [3.8, 4) is 0 Å². The van der Waals surface area contributed by atoms with Crippen molar-refractivity contribution in [2.45, 2.75) is 32.4 Å². The quantitative estimate of drug-likeness (QED) is 0.781. The van der Waals surface area contributed by atoms with Crippen molar-refractivity contribution >= 4 is 32.4 Å². The summed E-state index contributed by atoms with van der Waals surface area (Å²) in [6.45, 7) is 3.53. The van der Waals surface area contributed by atoms with Crippen LogP contribution >= 0.6 is 11.3 Å². The Balaban J connectivity index is 1.33. The van der Waals surface area contributed by atoms with E-state index in [1.54, 1.807) is 11.3 Å². The second kappa shape index (κ2) is 8.51.